The zero-order valence-electron chi connectivity index (χ0n) is 6.40. The summed E-state index contributed by atoms with van der Waals surface area (Å²) in [6, 6.07) is 0. The zero-order valence-corrected chi connectivity index (χ0v) is 6.40. The molecule has 0 amide bonds. The van der Waals surface area contributed by atoms with E-state index >= 15 is 0 Å². The van der Waals surface area contributed by atoms with Crippen LogP contribution in [-0.4, -0.2) is 24.7 Å². The maximum absolute atomic E-state index is 10.7. The fourth-order valence-electron chi connectivity index (χ4n) is 0.970. The number of hydrogen-bond donors (Lipinski definition) is 2. The lowest BCUT2D eigenvalue weighted by Crippen LogP contribution is -2.01. The van der Waals surface area contributed by atoms with Gasteiger partial charge in [0.15, 0.2) is 11.6 Å². The Morgan fingerprint density at radius 1 is 1.58 bits per heavy atom. The van der Waals surface area contributed by atoms with Crippen LogP contribution in [0.15, 0.2) is 17.2 Å². The van der Waals surface area contributed by atoms with E-state index in [0.717, 1.165) is 0 Å². The van der Waals surface area contributed by atoms with Crippen molar-refractivity contribution in [1.82, 2.24) is 24.7 Å². The molecular weight excluding hydrogens is 158 g/mol. The van der Waals surface area contributed by atoms with Crippen LogP contribution in [-0.2, 0) is 7.05 Å². The minimum absolute atomic E-state index is 0.326. The third-order valence-electron chi connectivity index (χ3n) is 1.53. The molecule has 6 nitrogen and oxygen atoms in total. The van der Waals surface area contributed by atoms with E-state index in [9.17, 15) is 4.79 Å². The minimum Gasteiger partial charge on any atom is -0.331 e. The number of nitrogens with zero attached hydrogens (tertiary/aromatic N) is 3. The van der Waals surface area contributed by atoms with Crippen molar-refractivity contribution in [2.24, 2.45) is 7.05 Å². The first-order chi connectivity index (χ1) is 5.77. The van der Waals surface area contributed by atoms with Gasteiger partial charge in [-0.1, -0.05) is 0 Å². The molecule has 0 bridgehead atoms. The molecule has 0 saturated heterocycles. The molecule has 0 unspecified atom stereocenters. The molecule has 2 aromatic heterocycles. The number of imidazole rings is 1. The van der Waals surface area contributed by atoms with E-state index in [0.29, 0.717) is 11.6 Å². The Morgan fingerprint density at radius 3 is 2.92 bits per heavy atom. The number of aromatic nitrogens is 5. The van der Waals surface area contributed by atoms with Crippen LogP contribution in [0.3, 0.4) is 0 Å². The van der Waals surface area contributed by atoms with Crippen molar-refractivity contribution in [2.75, 3.05) is 0 Å². The van der Waals surface area contributed by atoms with Gasteiger partial charge < -0.3 is 4.57 Å². The highest BCUT2D eigenvalue weighted by atomic mass is 16.1. The lowest BCUT2D eigenvalue weighted by molar-refractivity contribution is 0.907. The van der Waals surface area contributed by atoms with Crippen molar-refractivity contribution in [2.45, 2.75) is 0 Å². The van der Waals surface area contributed by atoms with E-state index in [-0.39, 0.29) is 5.69 Å². The van der Waals surface area contributed by atoms with E-state index in [2.05, 4.69) is 20.2 Å². The van der Waals surface area contributed by atoms with Gasteiger partial charge in [-0.25, -0.2) is 14.9 Å². The van der Waals surface area contributed by atoms with Gasteiger partial charge in [-0.05, 0) is 0 Å². The van der Waals surface area contributed by atoms with Crippen LogP contribution < -0.4 is 5.69 Å². The summed E-state index contributed by atoms with van der Waals surface area (Å²) in [6.07, 6.45) is 3.42. The average molecular weight is 165 g/mol. The first-order valence-electron chi connectivity index (χ1n) is 3.40. The highest BCUT2D eigenvalue weighted by molar-refractivity contribution is 5.41. The molecular formula is C6H7N5O. The Labute approximate surface area is 67.3 Å². The standard InChI is InChI=1S/C6H7N5O/c1-11-3-2-7-5(11)4-8-6(12)10-9-4/h2-3H,1H3,(H2,8,9,10,12). The lowest BCUT2D eigenvalue weighted by atomic mass is 10.6. The summed E-state index contributed by atoms with van der Waals surface area (Å²) in [5.74, 6) is 1.08. The maximum atomic E-state index is 10.7. The molecule has 0 spiro atoms. The number of hydrogen-bond acceptors (Lipinski definition) is 3. The van der Waals surface area contributed by atoms with E-state index in [1.54, 1.807) is 17.0 Å². The number of rotatable bonds is 1. The van der Waals surface area contributed by atoms with Crippen molar-refractivity contribution in [3.63, 3.8) is 0 Å². The topological polar surface area (TPSA) is 79.4 Å². The summed E-state index contributed by atoms with van der Waals surface area (Å²) in [7, 11) is 1.83. The van der Waals surface area contributed by atoms with Crippen LogP contribution in [0.1, 0.15) is 0 Å². The van der Waals surface area contributed by atoms with Gasteiger partial charge in [-0.2, -0.15) is 0 Å². The molecule has 12 heavy (non-hydrogen) atoms. The molecule has 6 heteroatoms. The SMILES string of the molecule is Cn1ccnc1-c1n[nH]c(=O)[nH]1. The van der Waals surface area contributed by atoms with Gasteiger partial charge >= 0.3 is 5.69 Å². The van der Waals surface area contributed by atoms with Gasteiger partial charge in [0.2, 0.25) is 0 Å². The third-order valence-corrected chi connectivity index (χ3v) is 1.53. The van der Waals surface area contributed by atoms with Crippen LogP contribution in [0.25, 0.3) is 11.6 Å². The highest BCUT2D eigenvalue weighted by Crippen LogP contribution is 2.06. The van der Waals surface area contributed by atoms with Crippen molar-refractivity contribution >= 4 is 0 Å². The van der Waals surface area contributed by atoms with Crippen LogP contribution in [0.2, 0.25) is 0 Å². The quantitative estimate of drug-likeness (QED) is 0.597. The fourth-order valence-corrected chi connectivity index (χ4v) is 0.970. The van der Waals surface area contributed by atoms with Crippen molar-refractivity contribution in [3.05, 3.63) is 22.9 Å². The Balaban J connectivity index is 2.57. The van der Waals surface area contributed by atoms with E-state index in [1.807, 2.05) is 7.05 Å². The number of nitrogens with one attached hydrogen (secondary N) is 2. The van der Waals surface area contributed by atoms with Crippen molar-refractivity contribution in [1.29, 1.82) is 0 Å². The molecule has 0 radical (unpaired) electrons. The second kappa shape index (κ2) is 2.33. The van der Waals surface area contributed by atoms with Crippen LogP contribution >= 0.6 is 0 Å². The van der Waals surface area contributed by atoms with Gasteiger partial charge in [0.05, 0.1) is 0 Å². The summed E-state index contributed by atoms with van der Waals surface area (Å²) in [5.41, 5.74) is -0.326. The first-order valence-corrected chi connectivity index (χ1v) is 3.40. The molecule has 0 atom stereocenters. The Bertz CT molecular complexity index is 436. The van der Waals surface area contributed by atoms with Crippen LogP contribution in [0.5, 0.6) is 0 Å². The van der Waals surface area contributed by atoms with Gasteiger partial charge in [0, 0.05) is 19.4 Å². The van der Waals surface area contributed by atoms with Crippen molar-refractivity contribution < 1.29 is 0 Å². The van der Waals surface area contributed by atoms with E-state index in [1.165, 1.54) is 0 Å². The van der Waals surface area contributed by atoms with Crippen molar-refractivity contribution in [3.8, 4) is 11.6 Å². The number of aryl methyl sites for hydroxylation is 1. The third kappa shape index (κ3) is 0.931. The second-order valence-electron chi connectivity index (χ2n) is 2.39. The highest BCUT2D eigenvalue weighted by Gasteiger charge is 2.05. The Morgan fingerprint density at radius 2 is 2.42 bits per heavy atom. The second-order valence-corrected chi connectivity index (χ2v) is 2.39. The van der Waals surface area contributed by atoms with Gasteiger partial charge in [-0.3, -0.25) is 4.98 Å². The van der Waals surface area contributed by atoms with Gasteiger partial charge in [-0.15, -0.1) is 5.10 Å². The predicted molar refractivity (Wildman–Crippen MR) is 41.4 cm³/mol. The molecule has 2 heterocycles. The smallest absolute Gasteiger partial charge is 0.331 e. The summed E-state index contributed by atoms with van der Waals surface area (Å²) >= 11 is 0. The molecule has 0 aromatic carbocycles. The predicted octanol–water partition coefficient (Wildman–Crippen LogP) is -0.502. The minimum atomic E-state index is -0.326. The molecule has 2 rings (SSSR count). The summed E-state index contributed by atoms with van der Waals surface area (Å²) < 4.78 is 1.77. The molecule has 0 aliphatic heterocycles. The fraction of sp³-hybridized carbons (Fsp3) is 0.167. The molecule has 0 aliphatic carbocycles. The molecule has 0 saturated carbocycles. The largest absolute Gasteiger partial charge is 0.341 e. The van der Waals surface area contributed by atoms with Gasteiger partial charge in [0.25, 0.3) is 0 Å². The maximum Gasteiger partial charge on any atom is 0.341 e. The summed E-state index contributed by atoms with van der Waals surface area (Å²) in [6.45, 7) is 0. The monoisotopic (exact) mass is 165 g/mol. The Kier molecular flexibility index (Phi) is 1.33. The normalized spacial score (nSPS) is 10.4. The molecule has 0 aliphatic rings. The first kappa shape index (κ1) is 6.84. The molecule has 2 aromatic rings. The van der Waals surface area contributed by atoms with E-state index in [4.69, 9.17) is 0 Å². The lowest BCUT2D eigenvalue weighted by Gasteiger charge is -1.93. The van der Waals surface area contributed by atoms with Crippen LogP contribution in [0, 0.1) is 0 Å². The Hall–Kier alpha value is -1.85. The molecule has 0 fully saturated rings. The van der Waals surface area contributed by atoms with E-state index < -0.39 is 0 Å². The zero-order chi connectivity index (χ0) is 8.55. The molecule has 62 valence electrons. The molecule has 2 N–H and O–H groups in total. The van der Waals surface area contributed by atoms with Gasteiger partial charge in [0.1, 0.15) is 0 Å². The number of H-pyrrole nitrogens is 2. The summed E-state index contributed by atoms with van der Waals surface area (Å²) in [4.78, 5) is 17.2. The summed E-state index contributed by atoms with van der Waals surface area (Å²) in [5, 5.41) is 6.01. The number of aromatic amines is 2. The van der Waals surface area contributed by atoms with Crippen LogP contribution in [0.4, 0.5) is 0 Å². The average Bonchev–Trinajstić information content (AvgIpc) is 2.58.